The zero-order valence-corrected chi connectivity index (χ0v) is 11.1. The molecule has 0 bridgehead atoms. The summed E-state index contributed by atoms with van der Waals surface area (Å²) < 4.78 is 5.53. The molecule has 0 heterocycles. The minimum absolute atomic E-state index is 0.518. The average Bonchev–Trinajstić information content (AvgIpc) is 2.33. The largest absolute Gasteiger partial charge is 0.373 e. The van der Waals surface area contributed by atoms with Crippen molar-refractivity contribution in [3.63, 3.8) is 0 Å². The normalized spacial score (nSPS) is 11.5. The number of hydrogen-bond acceptors (Lipinski definition) is 2. The van der Waals surface area contributed by atoms with E-state index in [1.807, 2.05) is 19.1 Å². The third kappa shape index (κ3) is 6.25. The van der Waals surface area contributed by atoms with Crippen LogP contribution < -0.4 is 5.32 Å². The zero-order valence-electron chi connectivity index (χ0n) is 11.1. The topological polar surface area (TPSA) is 21.3 Å². The first-order valence-electron chi connectivity index (χ1n) is 6.22. The van der Waals surface area contributed by atoms with Crippen molar-refractivity contribution in [3.8, 4) is 0 Å². The van der Waals surface area contributed by atoms with Crippen LogP contribution in [0.15, 0.2) is 36.4 Å². The van der Waals surface area contributed by atoms with Crippen molar-refractivity contribution in [3.05, 3.63) is 47.5 Å². The summed E-state index contributed by atoms with van der Waals surface area (Å²) in [5.74, 6) is 0. The number of benzene rings is 1. The molecule has 0 unspecified atom stereocenters. The molecule has 0 radical (unpaired) electrons. The van der Waals surface area contributed by atoms with E-state index in [9.17, 15) is 0 Å². The fourth-order valence-electron chi connectivity index (χ4n) is 1.49. The Morgan fingerprint density at radius 2 is 2.06 bits per heavy atom. The van der Waals surface area contributed by atoms with Crippen LogP contribution in [0.3, 0.4) is 0 Å². The van der Waals surface area contributed by atoms with Crippen molar-refractivity contribution in [2.45, 2.75) is 40.0 Å². The van der Waals surface area contributed by atoms with Gasteiger partial charge in [0.15, 0.2) is 0 Å². The summed E-state index contributed by atoms with van der Waals surface area (Å²) in [7, 11) is 0. The highest BCUT2D eigenvalue weighted by atomic mass is 16.5. The molecule has 1 aromatic rings. The van der Waals surface area contributed by atoms with Crippen molar-refractivity contribution in [1.29, 1.82) is 0 Å². The van der Waals surface area contributed by atoms with Crippen LogP contribution in [0, 0.1) is 0 Å². The molecule has 0 aromatic heterocycles. The molecule has 1 rings (SSSR count). The highest BCUT2D eigenvalue weighted by Gasteiger charge is 1.97. The van der Waals surface area contributed by atoms with E-state index < -0.39 is 0 Å². The lowest BCUT2D eigenvalue weighted by atomic mass is 10.1. The van der Waals surface area contributed by atoms with E-state index >= 15 is 0 Å². The van der Waals surface area contributed by atoms with Crippen LogP contribution in [-0.4, -0.2) is 12.6 Å². The number of rotatable bonds is 7. The van der Waals surface area contributed by atoms with Gasteiger partial charge in [0.25, 0.3) is 0 Å². The van der Waals surface area contributed by atoms with E-state index in [-0.39, 0.29) is 0 Å². The highest BCUT2D eigenvalue weighted by Crippen LogP contribution is 2.07. The van der Waals surface area contributed by atoms with Gasteiger partial charge in [-0.05, 0) is 18.1 Å². The lowest BCUT2D eigenvalue weighted by Crippen LogP contribution is -2.21. The average molecular weight is 233 g/mol. The molecule has 0 saturated heterocycles. The van der Waals surface area contributed by atoms with E-state index in [0.29, 0.717) is 19.3 Å². The van der Waals surface area contributed by atoms with Gasteiger partial charge < -0.3 is 10.1 Å². The standard InChI is InChI=1S/C15H23NO/c1-4-5-9-17-12-15-8-6-7-14(10-15)11-16-13(2)3/h4-8,10,13,16H,9,11-12H2,1-3H3. The molecular weight excluding hydrogens is 210 g/mol. The van der Waals surface area contributed by atoms with Crippen molar-refractivity contribution in [2.24, 2.45) is 0 Å². The number of allylic oxidation sites excluding steroid dienone is 1. The predicted molar refractivity (Wildman–Crippen MR) is 72.9 cm³/mol. The lowest BCUT2D eigenvalue weighted by Gasteiger charge is -2.09. The summed E-state index contributed by atoms with van der Waals surface area (Å²) in [6.45, 7) is 8.60. The smallest absolute Gasteiger partial charge is 0.0721 e. The van der Waals surface area contributed by atoms with Crippen LogP contribution in [0.5, 0.6) is 0 Å². The maximum atomic E-state index is 5.53. The molecule has 0 aliphatic heterocycles. The molecule has 1 aromatic carbocycles. The molecule has 0 aliphatic rings. The van der Waals surface area contributed by atoms with E-state index in [4.69, 9.17) is 4.74 Å². The molecule has 0 fully saturated rings. The van der Waals surface area contributed by atoms with Crippen LogP contribution in [0.25, 0.3) is 0 Å². The van der Waals surface area contributed by atoms with Crippen molar-refractivity contribution < 1.29 is 4.74 Å². The lowest BCUT2D eigenvalue weighted by molar-refractivity contribution is 0.148. The Hall–Kier alpha value is -1.12. The maximum absolute atomic E-state index is 5.53. The van der Waals surface area contributed by atoms with Crippen LogP contribution in [0.2, 0.25) is 0 Å². The minimum atomic E-state index is 0.518. The molecular formula is C15H23NO. The third-order valence-electron chi connectivity index (χ3n) is 2.42. The summed E-state index contributed by atoms with van der Waals surface area (Å²) in [5, 5.41) is 3.41. The predicted octanol–water partition coefficient (Wildman–Crippen LogP) is 3.28. The van der Waals surface area contributed by atoms with Gasteiger partial charge in [-0.1, -0.05) is 50.3 Å². The van der Waals surface area contributed by atoms with E-state index in [1.165, 1.54) is 11.1 Å². The van der Waals surface area contributed by atoms with Crippen LogP contribution >= 0.6 is 0 Å². The van der Waals surface area contributed by atoms with Crippen LogP contribution in [-0.2, 0) is 17.9 Å². The Balaban J connectivity index is 2.42. The van der Waals surface area contributed by atoms with Gasteiger partial charge in [-0.2, -0.15) is 0 Å². The van der Waals surface area contributed by atoms with Crippen molar-refractivity contribution in [1.82, 2.24) is 5.32 Å². The zero-order chi connectivity index (χ0) is 12.5. The Labute approximate surface area is 105 Å². The molecule has 94 valence electrons. The quantitative estimate of drug-likeness (QED) is 0.576. The van der Waals surface area contributed by atoms with Crippen molar-refractivity contribution >= 4 is 0 Å². The number of hydrogen-bond donors (Lipinski definition) is 1. The van der Waals surface area contributed by atoms with Gasteiger partial charge in [-0.3, -0.25) is 0 Å². The molecule has 2 heteroatoms. The molecule has 2 nitrogen and oxygen atoms in total. The Kier molecular flexibility index (Phi) is 6.60. The second-order valence-electron chi connectivity index (χ2n) is 4.44. The first kappa shape index (κ1) is 13.9. The van der Waals surface area contributed by atoms with E-state index in [1.54, 1.807) is 0 Å². The first-order valence-corrected chi connectivity index (χ1v) is 6.22. The van der Waals surface area contributed by atoms with Gasteiger partial charge in [-0.25, -0.2) is 0 Å². The molecule has 17 heavy (non-hydrogen) atoms. The monoisotopic (exact) mass is 233 g/mol. The van der Waals surface area contributed by atoms with E-state index in [0.717, 1.165) is 6.54 Å². The Morgan fingerprint density at radius 1 is 1.29 bits per heavy atom. The van der Waals surface area contributed by atoms with Crippen LogP contribution in [0.1, 0.15) is 31.9 Å². The summed E-state index contributed by atoms with van der Waals surface area (Å²) in [6, 6.07) is 9.06. The number of nitrogens with one attached hydrogen (secondary N) is 1. The molecule has 1 N–H and O–H groups in total. The second-order valence-corrected chi connectivity index (χ2v) is 4.44. The minimum Gasteiger partial charge on any atom is -0.373 e. The Bertz CT molecular complexity index is 345. The van der Waals surface area contributed by atoms with Gasteiger partial charge in [0, 0.05) is 12.6 Å². The summed E-state index contributed by atoms with van der Waals surface area (Å²) >= 11 is 0. The number of ether oxygens (including phenoxy) is 1. The molecule has 0 amide bonds. The first-order chi connectivity index (χ1) is 8.22. The van der Waals surface area contributed by atoms with Gasteiger partial charge in [-0.15, -0.1) is 0 Å². The third-order valence-corrected chi connectivity index (χ3v) is 2.42. The van der Waals surface area contributed by atoms with Gasteiger partial charge in [0.2, 0.25) is 0 Å². The summed E-state index contributed by atoms with van der Waals surface area (Å²) in [5.41, 5.74) is 2.54. The summed E-state index contributed by atoms with van der Waals surface area (Å²) in [6.07, 6.45) is 4.02. The van der Waals surface area contributed by atoms with E-state index in [2.05, 4.69) is 43.4 Å². The SMILES string of the molecule is CC=CCOCc1cccc(CNC(C)C)c1. The molecule has 0 aliphatic carbocycles. The maximum Gasteiger partial charge on any atom is 0.0721 e. The molecule has 0 atom stereocenters. The summed E-state index contributed by atoms with van der Waals surface area (Å²) in [4.78, 5) is 0. The van der Waals surface area contributed by atoms with Gasteiger partial charge in [0.1, 0.15) is 0 Å². The second kappa shape index (κ2) is 8.04. The van der Waals surface area contributed by atoms with Gasteiger partial charge >= 0.3 is 0 Å². The van der Waals surface area contributed by atoms with Crippen LogP contribution in [0.4, 0.5) is 0 Å². The Morgan fingerprint density at radius 3 is 2.76 bits per heavy atom. The molecule has 0 spiro atoms. The molecule has 0 saturated carbocycles. The highest BCUT2D eigenvalue weighted by molar-refractivity contribution is 5.22. The fourth-order valence-corrected chi connectivity index (χ4v) is 1.49. The van der Waals surface area contributed by atoms with Gasteiger partial charge in [0.05, 0.1) is 13.2 Å². The fraction of sp³-hybridized carbons (Fsp3) is 0.467. The van der Waals surface area contributed by atoms with Crippen molar-refractivity contribution in [2.75, 3.05) is 6.61 Å².